The third-order valence-electron chi connectivity index (χ3n) is 2.72. The SMILES string of the molecule is CC(C)CC(C(=O)O)N1CCCCC1=O. The number of rotatable bonds is 4. The third kappa shape index (κ3) is 3.22. The number of hydrogen-bond donors (Lipinski definition) is 1. The average molecular weight is 213 g/mol. The standard InChI is InChI=1S/C11H19NO3/c1-8(2)7-9(11(14)15)12-6-4-3-5-10(12)13/h8-9H,3-7H2,1-2H3,(H,14,15). The number of aliphatic carboxylic acids is 1. The van der Waals surface area contributed by atoms with Gasteiger partial charge in [-0.3, -0.25) is 4.79 Å². The molecular weight excluding hydrogens is 194 g/mol. The van der Waals surface area contributed by atoms with Gasteiger partial charge in [0.05, 0.1) is 0 Å². The number of hydrogen-bond acceptors (Lipinski definition) is 2. The van der Waals surface area contributed by atoms with E-state index in [1.54, 1.807) is 0 Å². The Labute approximate surface area is 90.3 Å². The summed E-state index contributed by atoms with van der Waals surface area (Å²) < 4.78 is 0. The molecule has 0 aromatic carbocycles. The summed E-state index contributed by atoms with van der Waals surface area (Å²) in [5, 5.41) is 9.10. The van der Waals surface area contributed by atoms with Gasteiger partial charge in [-0.25, -0.2) is 4.79 Å². The predicted octanol–water partition coefficient (Wildman–Crippen LogP) is 1.50. The van der Waals surface area contributed by atoms with Crippen molar-refractivity contribution in [2.75, 3.05) is 6.54 Å². The molecule has 1 unspecified atom stereocenters. The molecule has 1 N–H and O–H groups in total. The Morgan fingerprint density at radius 2 is 2.13 bits per heavy atom. The fraction of sp³-hybridized carbons (Fsp3) is 0.818. The fourth-order valence-corrected chi connectivity index (χ4v) is 1.96. The van der Waals surface area contributed by atoms with E-state index in [2.05, 4.69) is 0 Å². The van der Waals surface area contributed by atoms with E-state index >= 15 is 0 Å². The van der Waals surface area contributed by atoms with Crippen LogP contribution in [0.1, 0.15) is 39.5 Å². The van der Waals surface area contributed by atoms with Gasteiger partial charge in [0.2, 0.25) is 5.91 Å². The highest BCUT2D eigenvalue weighted by Crippen LogP contribution is 2.18. The van der Waals surface area contributed by atoms with Gasteiger partial charge in [-0.2, -0.15) is 0 Å². The topological polar surface area (TPSA) is 57.6 Å². The van der Waals surface area contributed by atoms with E-state index in [-0.39, 0.29) is 5.91 Å². The van der Waals surface area contributed by atoms with Gasteiger partial charge in [-0.05, 0) is 25.2 Å². The molecule has 1 rings (SSSR count). The summed E-state index contributed by atoms with van der Waals surface area (Å²) in [4.78, 5) is 24.2. The van der Waals surface area contributed by atoms with E-state index < -0.39 is 12.0 Å². The van der Waals surface area contributed by atoms with E-state index in [1.165, 1.54) is 4.90 Å². The highest BCUT2D eigenvalue weighted by molar-refractivity contribution is 5.84. The number of carboxylic acids is 1. The molecule has 15 heavy (non-hydrogen) atoms. The van der Waals surface area contributed by atoms with Gasteiger partial charge in [0.15, 0.2) is 0 Å². The molecule has 4 nitrogen and oxygen atoms in total. The number of amides is 1. The van der Waals surface area contributed by atoms with E-state index in [9.17, 15) is 9.59 Å². The minimum absolute atomic E-state index is 0.00528. The number of nitrogens with zero attached hydrogens (tertiary/aromatic N) is 1. The number of carbonyl (C=O) groups is 2. The zero-order valence-corrected chi connectivity index (χ0v) is 9.40. The van der Waals surface area contributed by atoms with Gasteiger partial charge in [-0.1, -0.05) is 13.8 Å². The van der Waals surface area contributed by atoms with Crippen molar-refractivity contribution in [3.63, 3.8) is 0 Å². The Hall–Kier alpha value is -1.06. The molecule has 1 fully saturated rings. The maximum Gasteiger partial charge on any atom is 0.326 e. The van der Waals surface area contributed by atoms with Crippen molar-refractivity contribution in [2.24, 2.45) is 5.92 Å². The predicted molar refractivity (Wildman–Crippen MR) is 56.4 cm³/mol. The molecule has 0 saturated carbocycles. The molecule has 0 spiro atoms. The molecule has 1 atom stereocenters. The minimum atomic E-state index is -0.876. The van der Waals surface area contributed by atoms with Crippen LogP contribution in [0, 0.1) is 5.92 Å². The first kappa shape index (κ1) is 12.0. The second-order valence-electron chi connectivity index (χ2n) is 4.53. The van der Waals surface area contributed by atoms with Gasteiger partial charge < -0.3 is 10.0 Å². The summed E-state index contributed by atoms with van der Waals surface area (Å²) in [6.45, 7) is 4.55. The van der Waals surface area contributed by atoms with Crippen LogP contribution in [-0.2, 0) is 9.59 Å². The van der Waals surface area contributed by atoms with E-state index in [0.29, 0.717) is 25.3 Å². The molecule has 0 aliphatic carbocycles. The summed E-state index contributed by atoms with van der Waals surface area (Å²) in [5.74, 6) is -0.589. The molecule has 0 radical (unpaired) electrons. The largest absolute Gasteiger partial charge is 0.480 e. The van der Waals surface area contributed by atoms with E-state index in [1.807, 2.05) is 13.8 Å². The van der Waals surface area contributed by atoms with Crippen LogP contribution in [-0.4, -0.2) is 34.5 Å². The zero-order valence-electron chi connectivity index (χ0n) is 9.40. The summed E-state index contributed by atoms with van der Waals surface area (Å²) in [5.41, 5.74) is 0. The Kier molecular flexibility index (Phi) is 4.12. The molecule has 1 heterocycles. The molecule has 1 saturated heterocycles. The number of carbonyl (C=O) groups excluding carboxylic acids is 1. The highest BCUT2D eigenvalue weighted by atomic mass is 16.4. The molecule has 4 heteroatoms. The van der Waals surface area contributed by atoms with Crippen molar-refractivity contribution in [1.29, 1.82) is 0 Å². The first-order chi connectivity index (χ1) is 7.02. The van der Waals surface area contributed by atoms with Gasteiger partial charge in [0.1, 0.15) is 6.04 Å². The van der Waals surface area contributed by atoms with Gasteiger partial charge in [0.25, 0.3) is 0 Å². The third-order valence-corrected chi connectivity index (χ3v) is 2.72. The molecule has 1 aliphatic heterocycles. The number of piperidine rings is 1. The van der Waals surface area contributed by atoms with Crippen molar-refractivity contribution in [3.8, 4) is 0 Å². The molecule has 86 valence electrons. The maximum absolute atomic E-state index is 11.6. The Balaban J connectivity index is 2.69. The minimum Gasteiger partial charge on any atom is -0.480 e. The van der Waals surface area contributed by atoms with Crippen molar-refractivity contribution < 1.29 is 14.7 Å². The summed E-state index contributed by atoms with van der Waals surface area (Å²) >= 11 is 0. The lowest BCUT2D eigenvalue weighted by Gasteiger charge is -2.32. The van der Waals surface area contributed by atoms with Crippen molar-refractivity contribution in [1.82, 2.24) is 4.90 Å². The van der Waals surface area contributed by atoms with Crippen LogP contribution in [0.25, 0.3) is 0 Å². The molecule has 0 bridgehead atoms. The molecule has 0 aromatic heterocycles. The lowest BCUT2D eigenvalue weighted by Crippen LogP contribution is -2.47. The van der Waals surface area contributed by atoms with Crippen LogP contribution in [0.5, 0.6) is 0 Å². The normalized spacial score (nSPS) is 19.4. The molecule has 0 aromatic rings. The van der Waals surface area contributed by atoms with E-state index in [4.69, 9.17) is 5.11 Å². The maximum atomic E-state index is 11.6. The quantitative estimate of drug-likeness (QED) is 0.769. The van der Waals surface area contributed by atoms with Gasteiger partial charge in [-0.15, -0.1) is 0 Å². The highest BCUT2D eigenvalue weighted by Gasteiger charge is 2.31. The zero-order chi connectivity index (χ0) is 11.4. The molecule has 1 aliphatic rings. The van der Waals surface area contributed by atoms with Gasteiger partial charge >= 0.3 is 5.97 Å². The van der Waals surface area contributed by atoms with Gasteiger partial charge in [0, 0.05) is 13.0 Å². The summed E-state index contributed by atoms with van der Waals surface area (Å²) in [7, 11) is 0. The average Bonchev–Trinajstić information content (AvgIpc) is 2.15. The van der Waals surface area contributed by atoms with Crippen LogP contribution >= 0.6 is 0 Å². The monoisotopic (exact) mass is 213 g/mol. The van der Waals surface area contributed by atoms with Crippen LogP contribution in [0.2, 0.25) is 0 Å². The Bertz CT molecular complexity index is 250. The second-order valence-corrected chi connectivity index (χ2v) is 4.53. The molecular formula is C11H19NO3. The van der Waals surface area contributed by atoms with Crippen LogP contribution in [0.4, 0.5) is 0 Å². The lowest BCUT2D eigenvalue weighted by molar-refractivity contribution is -0.152. The van der Waals surface area contributed by atoms with Crippen LogP contribution in [0.15, 0.2) is 0 Å². The summed E-state index contributed by atoms with van der Waals surface area (Å²) in [6.07, 6.45) is 2.86. The van der Waals surface area contributed by atoms with E-state index in [0.717, 1.165) is 12.8 Å². The van der Waals surface area contributed by atoms with Crippen LogP contribution in [0.3, 0.4) is 0 Å². The molecule has 1 amide bonds. The van der Waals surface area contributed by atoms with Crippen molar-refractivity contribution in [2.45, 2.75) is 45.6 Å². The Morgan fingerprint density at radius 1 is 1.47 bits per heavy atom. The summed E-state index contributed by atoms with van der Waals surface area (Å²) in [6, 6.07) is -0.627. The fourth-order valence-electron chi connectivity index (χ4n) is 1.96. The van der Waals surface area contributed by atoms with Crippen LogP contribution < -0.4 is 0 Å². The Morgan fingerprint density at radius 3 is 2.60 bits per heavy atom. The first-order valence-electron chi connectivity index (χ1n) is 5.54. The first-order valence-corrected chi connectivity index (χ1v) is 5.54. The number of carboxylic acid groups (broad SMARTS) is 1. The van der Waals surface area contributed by atoms with Crippen molar-refractivity contribution in [3.05, 3.63) is 0 Å². The lowest BCUT2D eigenvalue weighted by atomic mass is 9.99. The van der Waals surface area contributed by atoms with Crippen molar-refractivity contribution >= 4 is 11.9 Å². The second kappa shape index (κ2) is 5.14. The smallest absolute Gasteiger partial charge is 0.326 e. The number of likely N-dealkylation sites (tertiary alicyclic amines) is 1.